The van der Waals surface area contributed by atoms with Crippen LogP contribution in [0.2, 0.25) is 5.02 Å². The summed E-state index contributed by atoms with van der Waals surface area (Å²) < 4.78 is 5.16. The Bertz CT molecular complexity index is 712. The van der Waals surface area contributed by atoms with E-state index in [0.717, 1.165) is 16.9 Å². The molecule has 0 radical (unpaired) electrons. The molecule has 1 saturated carbocycles. The van der Waals surface area contributed by atoms with Gasteiger partial charge in [-0.25, -0.2) is 0 Å². The van der Waals surface area contributed by atoms with E-state index in [2.05, 4.69) is 0 Å². The van der Waals surface area contributed by atoms with Crippen LogP contribution in [-0.4, -0.2) is 24.1 Å². The zero-order chi connectivity index (χ0) is 16.6. The van der Waals surface area contributed by atoms with Crippen LogP contribution in [0.1, 0.15) is 23.0 Å². The number of aliphatic carboxylic acids is 1. The Morgan fingerprint density at radius 2 is 1.57 bits per heavy atom. The van der Waals surface area contributed by atoms with E-state index >= 15 is 0 Å². The average molecular weight is 351 g/mol. The first-order chi connectivity index (χ1) is 11.0. The van der Waals surface area contributed by atoms with Crippen molar-refractivity contribution in [2.45, 2.75) is 11.8 Å². The Morgan fingerprint density at radius 3 is 1.96 bits per heavy atom. The summed E-state index contributed by atoms with van der Waals surface area (Å²) in [5, 5.41) is 10.4. The summed E-state index contributed by atoms with van der Waals surface area (Å²) in [4.78, 5) is 11.9. The maximum atomic E-state index is 11.9. The van der Waals surface area contributed by atoms with E-state index in [1.54, 1.807) is 19.2 Å². The summed E-state index contributed by atoms with van der Waals surface area (Å²) in [6.45, 7) is 0. The first-order valence-corrected chi connectivity index (χ1v) is 8.14. The lowest BCUT2D eigenvalue weighted by Gasteiger charge is -2.09. The minimum Gasteiger partial charge on any atom is -0.497 e. The van der Waals surface area contributed by atoms with E-state index in [1.165, 1.54) is 0 Å². The largest absolute Gasteiger partial charge is 0.497 e. The number of methoxy groups -OCH3 is 1. The van der Waals surface area contributed by atoms with Gasteiger partial charge >= 0.3 is 5.97 Å². The lowest BCUT2D eigenvalue weighted by atomic mass is 10.00. The maximum Gasteiger partial charge on any atom is 0.312 e. The standard InChI is InChI=1S/C18H16Cl2O3/c1-23-14-8-4-12(5-9-14)16-15(18(16,10-19)17(21)22)11-2-6-13(20)7-3-11/h2-9,15-16H,10H2,1H3,(H,21,22)/t15-,16-,18-/m0/s1. The molecule has 0 aliphatic heterocycles. The van der Waals surface area contributed by atoms with Gasteiger partial charge in [0.2, 0.25) is 0 Å². The first kappa shape index (κ1) is 16.2. The third-order valence-electron chi connectivity index (χ3n) is 4.66. The van der Waals surface area contributed by atoms with Crippen molar-refractivity contribution >= 4 is 29.2 Å². The quantitative estimate of drug-likeness (QED) is 0.805. The molecule has 3 atom stereocenters. The van der Waals surface area contributed by atoms with Gasteiger partial charge in [0.15, 0.2) is 0 Å². The number of halogens is 2. The predicted octanol–water partition coefficient (Wildman–Crippen LogP) is 4.54. The Hall–Kier alpha value is -1.71. The minimum atomic E-state index is -0.982. The second-order valence-electron chi connectivity index (χ2n) is 5.76. The van der Waals surface area contributed by atoms with E-state index in [4.69, 9.17) is 27.9 Å². The molecule has 2 aromatic carbocycles. The molecule has 2 aromatic rings. The van der Waals surface area contributed by atoms with E-state index in [1.807, 2.05) is 36.4 Å². The van der Waals surface area contributed by atoms with Crippen LogP contribution in [0.25, 0.3) is 0 Å². The summed E-state index contributed by atoms with van der Waals surface area (Å²) in [6.07, 6.45) is 0. The SMILES string of the molecule is COc1ccc([C@H]2[C@H](c3ccc(Cl)cc3)[C@]2(CCl)C(=O)O)cc1. The van der Waals surface area contributed by atoms with Crippen molar-refractivity contribution in [2.75, 3.05) is 13.0 Å². The van der Waals surface area contributed by atoms with Crippen LogP contribution in [0.4, 0.5) is 0 Å². The summed E-state index contributed by atoms with van der Waals surface area (Å²) in [5.74, 6) is -0.392. The molecule has 1 aliphatic carbocycles. The van der Waals surface area contributed by atoms with Gasteiger partial charge < -0.3 is 9.84 Å². The van der Waals surface area contributed by atoms with Crippen molar-refractivity contribution in [3.05, 3.63) is 64.7 Å². The third-order valence-corrected chi connectivity index (χ3v) is 5.35. The molecular formula is C18H16Cl2O3. The summed E-state index contributed by atoms with van der Waals surface area (Å²) in [7, 11) is 1.60. The summed E-state index contributed by atoms with van der Waals surface area (Å²) in [5.41, 5.74) is 0.913. The van der Waals surface area contributed by atoms with Gasteiger partial charge in [-0.15, -0.1) is 11.6 Å². The number of hydrogen-bond acceptors (Lipinski definition) is 2. The van der Waals surface area contributed by atoms with Crippen LogP contribution in [0.15, 0.2) is 48.5 Å². The molecule has 0 amide bonds. The summed E-state index contributed by atoms with van der Waals surface area (Å²) >= 11 is 12.0. The highest BCUT2D eigenvalue weighted by atomic mass is 35.5. The maximum absolute atomic E-state index is 11.9. The molecule has 23 heavy (non-hydrogen) atoms. The zero-order valence-corrected chi connectivity index (χ0v) is 14.0. The number of ether oxygens (including phenoxy) is 1. The van der Waals surface area contributed by atoms with Crippen LogP contribution in [-0.2, 0) is 4.79 Å². The zero-order valence-electron chi connectivity index (χ0n) is 12.5. The van der Waals surface area contributed by atoms with Crippen LogP contribution < -0.4 is 4.74 Å². The van der Waals surface area contributed by atoms with Crippen molar-refractivity contribution in [1.29, 1.82) is 0 Å². The first-order valence-electron chi connectivity index (χ1n) is 7.23. The Morgan fingerprint density at radius 1 is 1.09 bits per heavy atom. The number of alkyl halides is 1. The molecule has 1 aliphatic rings. The fraction of sp³-hybridized carbons (Fsp3) is 0.278. The highest BCUT2D eigenvalue weighted by Crippen LogP contribution is 2.71. The predicted molar refractivity (Wildman–Crippen MR) is 90.7 cm³/mol. The molecule has 0 spiro atoms. The molecule has 1 fully saturated rings. The van der Waals surface area contributed by atoms with E-state index in [0.29, 0.717) is 5.02 Å². The molecule has 0 saturated heterocycles. The number of hydrogen-bond donors (Lipinski definition) is 1. The van der Waals surface area contributed by atoms with E-state index in [9.17, 15) is 9.90 Å². The van der Waals surface area contributed by atoms with Gasteiger partial charge in [-0.2, -0.15) is 0 Å². The number of carbonyl (C=O) groups is 1. The smallest absolute Gasteiger partial charge is 0.312 e. The molecule has 0 unspecified atom stereocenters. The van der Waals surface area contributed by atoms with Gasteiger partial charge in [0.1, 0.15) is 5.75 Å². The van der Waals surface area contributed by atoms with Crippen molar-refractivity contribution in [1.82, 2.24) is 0 Å². The lowest BCUT2D eigenvalue weighted by Crippen LogP contribution is -2.20. The van der Waals surface area contributed by atoms with Crippen LogP contribution in [0.3, 0.4) is 0 Å². The van der Waals surface area contributed by atoms with Crippen molar-refractivity contribution in [2.24, 2.45) is 5.41 Å². The number of carboxylic acid groups (broad SMARTS) is 1. The number of carboxylic acids is 1. The minimum absolute atomic E-state index is 0.0618. The molecule has 0 bridgehead atoms. The van der Waals surface area contributed by atoms with Crippen molar-refractivity contribution < 1.29 is 14.6 Å². The highest BCUT2D eigenvalue weighted by molar-refractivity contribution is 6.30. The molecule has 3 rings (SSSR count). The summed E-state index contributed by atoms with van der Waals surface area (Å²) in [6, 6.07) is 14.8. The third kappa shape index (κ3) is 2.58. The number of rotatable bonds is 5. The molecule has 5 heteroatoms. The van der Waals surface area contributed by atoms with Crippen LogP contribution in [0, 0.1) is 5.41 Å². The van der Waals surface area contributed by atoms with Gasteiger partial charge in [0, 0.05) is 22.7 Å². The van der Waals surface area contributed by atoms with Crippen LogP contribution >= 0.6 is 23.2 Å². The molecular weight excluding hydrogens is 335 g/mol. The van der Waals surface area contributed by atoms with Crippen molar-refractivity contribution in [3.63, 3.8) is 0 Å². The highest BCUT2D eigenvalue weighted by Gasteiger charge is 2.70. The Kier molecular flexibility index (Phi) is 4.26. The van der Waals surface area contributed by atoms with E-state index < -0.39 is 11.4 Å². The van der Waals surface area contributed by atoms with Gasteiger partial charge in [0.05, 0.1) is 12.5 Å². The molecule has 1 N–H and O–H groups in total. The topological polar surface area (TPSA) is 46.5 Å². The van der Waals surface area contributed by atoms with Crippen LogP contribution in [0.5, 0.6) is 5.75 Å². The fourth-order valence-corrected chi connectivity index (χ4v) is 3.96. The normalized spacial score (nSPS) is 25.9. The Labute approximate surface area is 144 Å². The van der Waals surface area contributed by atoms with Gasteiger partial charge in [0.25, 0.3) is 0 Å². The Balaban J connectivity index is 2.01. The molecule has 3 nitrogen and oxygen atoms in total. The average Bonchev–Trinajstić information content (AvgIpc) is 3.26. The number of benzene rings is 2. The molecule has 0 heterocycles. The second-order valence-corrected chi connectivity index (χ2v) is 6.46. The molecule has 0 aromatic heterocycles. The van der Waals surface area contributed by atoms with Gasteiger partial charge in [-0.3, -0.25) is 4.79 Å². The van der Waals surface area contributed by atoms with Gasteiger partial charge in [-0.05, 0) is 35.4 Å². The lowest BCUT2D eigenvalue weighted by molar-refractivity contribution is -0.142. The van der Waals surface area contributed by atoms with Crippen molar-refractivity contribution in [3.8, 4) is 5.75 Å². The second kappa shape index (κ2) is 6.06. The van der Waals surface area contributed by atoms with E-state index in [-0.39, 0.29) is 17.7 Å². The monoisotopic (exact) mass is 350 g/mol. The van der Waals surface area contributed by atoms with Gasteiger partial charge in [-0.1, -0.05) is 35.9 Å². The fourth-order valence-electron chi connectivity index (χ4n) is 3.39. The molecule has 120 valence electrons.